The minimum absolute atomic E-state index is 0.000784. The zero-order chi connectivity index (χ0) is 26.7. The van der Waals surface area contributed by atoms with Gasteiger partial charge in [-0.1, -0.05) is 29.8 Å². The van der Waals surface area contributed by atoms with Crippen molar-refractivity contribution in [2.45, 2.75) is 26.2 Å². The first-order valence-electron chi connectivity index (χ1n) is 11.1. The van der Waals surface area contributed by atoms with Crippen LogP contribution in [0, 0.1) is 10.1 Å². The van der Waals surface area contributed by atoms with E-state index in [9.17, 15) is 14.9 Å². The van der Waals surface area contributed by atoms with Gasteiger partial charge < -0.3 is 9.47 Å². The van der Waals surface area contributed by atoms with Gasteiger partial charge >= 0.3 is 0 Å². The standard InChI is InChI=1S/C25H21Br2N5O5/c1-4-14(2)24-30-20-7-5-16(26)10-18(20)25(33)31(24)29-12-15-9-21(36-3)22(11-19(15)27)37-23-8-6-17(13-28-23)32(34)35/h5-14H,4H2,1-3H3/t14-/m1/s1. The molecule has 4 rings (SSSR count). The number of rotatable bonds is 8. The van der Waals surface area contributed by atoms with Crippen molar-refractivity contribution in [3.63, 3.8) is 0 Å². The Morgan fingerprint density at radius 1 is 1.19 bits per heavy atom. The molecule has 0 saturated carbocycles. The molecule has 0 N–H and O–H groups in total. The summed E-state index contributed by atoms with van der Waals surface area (Å²) >= 11 is 6.92. The van der Waals surface area contributed by atoms with E-state index >= 15 is 0 Å². The van der Waals surface area contributed by atoms with Gasteiger partial charge in [-0.2, -0.15) is 9.78 Å². The van der Waals surface area contributed by atoms with Gasteiger partial charge in [0.05, 0.1) is 29.2 Å². The highest BCUT2D eigenvalue weighted by atomic mass is 79.9. The van der Waals surface area contributed by atoms with Crippen LogP contribution in [-0.2, 0) is 0 Å². The molecule has 2 aromatic carbocycles. The monoisotopic (exact) mass is 629 g/mol. The van der Waals surface area contributed by atoms with Crippen LogP contribution < -0.4 is 15.0 Å². The first-order chi connectivity index (χ1) is 17.7. The van der Waals surface area contributed by atoms with Gasteiger partial charge in [-0.05, 0) is 52.7 Å². The second-order valence-electron chi connectivity index (χ2n) is 8.04. The Hall–Kier alpha value is -3.64. The summed E-state index contributed by atoms with van der Waals surface area (Å²) in [7, 11) is 1.48. The molecule has 0 aliphatic rings. The first kappa shape index (κ1) is 26.4. The third-order valence-electron chi connectivity index (χ3n) is 5.63. The average Bonchev–Trinajstić information content (AvgIpc) is 2.89. The van der Waals surface area contributed by atoms with Crippen molar-refractivity contribution in [3.05, 3.63) is 89.5 Å². The number of aromatic nitrogens is 3. The molecule has 0 fully saturated rings. The molecular formula is C25H21Br2N5O5. The van der Waals surface area contributed by atoms with Crippen molar-refractivity contribution in [1.29, 1.82) is 0 Å². The van der Waals surface area contributed by atoms with Gasteiger partial charge in [0.1, 0.15) is 12.0 Å². The van der Waals surface area contributed by atoms with Crippen LogP contribution in [0.5, 0.6) is 17.4 Å². The van der Waals surface area contributed by atoms with Crippen molar-refractivity contribution in [2.24, 2.45) is 5.10 Å². The van der Waals surface area contributed by atoms with Crippen LogP contribution in [-0.4, -0.2) is 32.9 Å². The van der Waals surface area contributed by atoms with Crippen molar-refractivity contribution in [2.75, 3.05) is 7.11 Å². The van der Waals surface area contributed by atoms with Gasteiger partial charge in [0.25, 0.3) is 11.2 Å². The molecule has 0 bridgehead atoms. The van der Waals surface area contributed by atoms with Crippen molar-refractivity contribution < 1.29 is 14.4 Å². The lowest BCUT2D eigenvalue weighted by Gasteiger charge is -2.14. The largest absolute Gasteiger partial charge is 0.493 e. The Morgan fingerprint density at radius 2 is 1.97 bits per heavy atom. The van der Waals surface area contributed by atoms with E-state index in [-0.39, 0.29) is 23.0 Å². The maximum atomic E-state index is 13.4. The Balaban J connectivity index is 1.73. The molecule has 0 aliphatic heterocycles. The Bertz CT molecular complexity index is 1570. The quantitative estimate of drug-likeness (QED) is 0.125. The molecule has 190 valence electrons. The summed E-state index contributed by atoms with van der Waals surface area (Å²) in [6.45, 7) is 4.02. The number of nitro groups is 1. The first-order valence-corrected chi connectivity index (χ1v) is 12.7. The third kappa shape index (κ3) is 5.70. The van der Waals surface area contributed by atoms with Crippen LogP contribution in [0.3, 0.4) is 0 Å². The van der Waals surface area contributed by atoms with Crippen LogP contribution in [0.1, 0.15) is 37.6 Å². The number of halogens is 2. The average molecular weight is 631 g/mol. The number of methoxy groups -OCH3 is 1. The number of hydrogen-bond donors (Lipinski definition) is 0. The van der Waals surface area contributed by atoms with Crippen LogP contribution in [0.4, 0.5) is 5.69 Å². The van der Waals surface area contributed by atoms with E-state index in [0.29, 0.717) is 38.3 Å². The van der Waals surface area contributed by atoms with Gasteiger partial charge in [0.15, 0.2) is 11.5 Å². The van der Waals surface area contributed by atoms with Crippen LogP contribution in [0.2, 0.25) is 0 Å². The van der Waals surface area contributed by atoms with E-state index in [4.69, 9.17) is 14.5 Å². The van der Waals surface area contributed by atoms with Gasteiger partial charge in [-0.25, -0.2) is 9.97 Å². The molecule has 12 heteroatoms. The summed E-state index contributed by atoms with van der Waals surface area (Å²) in [5, 5.41) is 15.8. The Kier molecular flexibility index (Phi) is 7.98. The van der Waals surface area contributed by atoms with E-state index < -0.39 is 4.92 Å². The van der Waals surface area contributed by atoms with Crippen LogP contribution in [0.25, 0.3) is 10.9 Å². The van der Waals surface area contributed by atoms with Gasteiger partial charge in [0.2, 0.25) is 5.88 Å². The summed E-state index contributed by atoms with van der Waals surface area (Å²) in [6.07, 6.45) is 3.43. The van der Waals surface area contributed by atoms with E-state index in [1.165, 1.54) is 23.9 Å². The number of pyridine rings is 1. The second-order valence-corrected chi connectivity index (χ2v) is 9.81. The Morgan fingerprint density at radius 3 is 2.62 bits per heavy atom. The third-order valence-corrected chi connectivity index (χ3v) is 6.81. The lowest BCUT2D eigenvalue weighted by atomic mass is 10.1. The van der Waals surface area contributed by atoms with Crippen LogP contribution >= 0.6 is 31.9 Å². The zero-order valence-corrected chi connectivity index (χ0v) is 23.2. The number of fused-ring (bicyclic) bond motifs is 1. The molecule has 0 radical (unpaired) electrons. The van der Waals surface area contributed by atoms with Gasteiger partial charge in [0, 0.05) is 32.6 Å². The van der Waals surface area contributed by atoms with Gasteiger partial charge in [-0.15, -0.1) is 0 Å². The minimum atomic E-state index is -0.538. The predicted octanol–water partition coefficient (Wildman–Crippen LogP) is 6.42. The highest BCUT2D eigenvalue weighted by molar-refractivity contribution is 9.10. The topological polar surface area (TPSA) is 122 Å². The van der Waals surface area contributed by atoms with Gasteiger partial charge in [-0.3, -0.25) is 14.9 Å². The molecule has 0 unspecified atom stereocenters. The maximum Gasteiger partial charge on any atom is 0.287 e. The number of nitrogens with zero attached hydrogens (tertiary/aromatic N) is 5. The number of hydrogen-bond acceptors (Lipinski definition) is 8. The summed E-state index contributed by atoms with van der Waals surface area (Å²) in [6, 6.07) is 11.4. The molecule has 0 saturated heterocycles. The van der Waals surface area contributed by atoms with E-state index in [0.717, 1.165) is 17.1 Å². The van der Waals surface area contributed by atoms with E-state index in [2.05, 4.69) is 41.9 Å². The molecule has 2 aromatic heterocycles. The van der Waals surface area contributed by atoms with Crippen molar-refractivity contribution >= 4 is 54.7 Å². The second kappa shape index (κ2) is 11.2. The fourth-order valence-corrected chi connectivity index (χ4v) is 4.23. The SMILES string of the molecule is CC[C@@H](C)c1nc2ccc(Br)cc2c(=O)n1N=Cc1cc(OC)c(Oc2ccc([N+](=O)[O-])cn2)cc1Br. The highest BCUT2D eigenvalue weighted by Crippen LogP contribution is 2.36. The summed E-state index contributed by atoms with van der Waals surface area (Å²) in [4.78, 5) is 32.4. The van der Waals surface area contributed by atoms with E-state index in [1.807, 2.05) is 19.9 Å². The molecule has 2 heterocycles. The summed E-state index contributed by atoms with van der Waals surface area (Å²) in [5.74, 6) is 1.43. The van der Waals surface area contributed by atoms with Crippen LogP contribution in [0.15, 0.2) is 67.5 Å². The lowest BCUT2D eigenvalue weighted by Crippen LogP contribution is -2.23. The Labute approximate surface area is 228 Å². The zero-order valence-electron chi connectivity index (χ0n) is 20.0. The molecule has 0 aliphatic carbocycles. The highest BCUT2D eigenvalue weighted by Gasteiger charge is 2.17. The molecular weight excluding hydrogens is 610 g/mol. The molecule has 0 spiro atoms. The normalized spacial score (nSPS) is 12.1. The molecule has 37 heavy (non-hydrogen) atoms. The molecule has 10 nitrogen and oxygen atoms in total. The molecule has 1 atom stereocenters. The molecule has 4 aromatic rings. The fraction of sp³-hybridized carbons (Fsp3) is 0.200. The number of ether oxygens (including phenoxy) is 2. The van der Waals surface area contributed by atoms with Crippen molar-refractivity contribution in [1.82, 2.24) is 14.6 Å². The summed E-state index contributed by atoms with van der Waals surface area (Å²) < 4.78 is 14.0. The summed E-state index contributed by atoms with van der Waals surface area (Å²) in [5.41, 5.74) is 0.816. The van der Waals surface area contributed by atoms with Crippen molar-refractivity contribution in [3.8, 4) is 17.4 Å². The van der Waals surface area contributed by atoms with E-state index in [1.54, 1.807) is 30.5 Å². The fourth-order valence-electron chi connectivity index (χ4n) is 3.44. The predicted molar refractivity (Wildman–Crippen MR) is 147 cm³/mol. The smallest absolute Gasteiger partial charge is 0.287 e. The maximum absolute atomic E-state index is 13.4. The molecule has 0 amide bonds. The minimum Gasteiger partial charge on any atom is -0.493 e. The lowest BCUT2D eigenvalue weighted by molar-refractivity contribution is -0.385. The number of benzene rings is 2.